The van der Waals surface area contributed by atoms with Gasteiger partial charge in [0.05, 0.1) is 20.6 Å². The van der Waals surface area contributed by atoms with Crippen molar-refractivity contribution in [3.63, 3.8) is 0 Å². The molecule has 0 spiro atoms. The zero-order chi connectivity index (χ0) is 26.9. The average molecular weight is 568 g/mol. The smallest absolute Gasteiger partial charge is 0.303 e. The van der Waals surface area contributed by atoms with Gasteiger partial charge in [0.2, 0.25) is 0 Å². The maximum absolute atomic E-state index is 13.7. The SMILES string of the molecule is O=C(O)CCC1CN(S(=O)(=O)c2ccc(Oc3ccc(Cl)c(Cl)c3)cc2)c2ccc(-c3ccccc3)cc21. The predicted molar refractivity (Wildman–Crippen MR) is 149 cm³/mol. The Bertz CT molecular complexity index is 1590. The van der Waals surface area contributed by atoms with Crippen LogP contribution in [0.25, 0.3) is 11.1 Å². The van der Waals surface area contributed by atoms with Gasteiger partial charge >= 0.3 is 5.97 Å². The second-order valence-corrected chi connectivity index (χ2v) is 11.6. The minimum Gasteiger partial charge on any atom is -0.481 e. The molecule has 1 unspecified atom stereocenters. The maximum atomic E-state index is 13.7. The van der Waals surface area contributed by atoms with Crippen LogP contribution in [-0.2, 0) is 14.8 Å². The van der Waals surface area contributed by atoms with Crippen molar-refractivity contribution in [3.8, 4) is 22.6 Å². The first-order chi connectivity index (χ1) is 18.2. The summed E-state index contributed by atoms with van der Waals surface area (Å²) in [6.07, 6.45) is 0.289. The molecule has 9 heteroatoms. The van der Waals surface area contributed by atoms with Crippen LogP contribution in [0, 0.1) is 0 Å². The molecule has 194 valence electrons. The van der Waals surface area contributed by atoms with E-state index < -0.39 is 16.0 Å². The summed E-state index contributed by atoms with van der Waals surface area (Å²) in [6.45, 7) is 0.171. The van der Waals surface area contributed by atoms with Gasteiger partial charge in [0.25, 0.3) is 10.0 Å². The average Bonchev–Trinajstić information content (AvgIpc) is 3.29. The first kappa shape index (κ1) is 26.1. The third-order valence-corrected chi connectivity index (χ3v) is 9.01. The van der Waals surface area contributed by atoms with Crippen molar-refractivity contribution in [3.05, 3.63) is 107 Å². The highest BCUT2D eigenvalue weighted by molar-refractivity contribution is 7.92. The van der Waals surface area contributed by atoms with Crippen LogP contribution in [0.2, 0.25) is 10.0 Å². The molecular formula is C29H23Cl2NO5S. The van der Waals surface area contributed by atoms with E-state index in [1.54, 1.807) is 36.4 Å². The van der Waals surface area contributed by atoms with E-state index in [9.17, 15) is 18.3 Å². The van der Waals surface area contributed by atoms with E-state index in [0.29, 0.717) is 33.7 Å². The standard InChI is InChI=1S/C29H23Cl2NO5S/c30-26-13-10-23(17-27(26)31)37-22-8-11-24(12-9-22)38(35,36)32-18-21(7-15-29(33)34)25-16-20(6-14-28(25)32)19-4-2-1-3-5-19/h1-6,8-14,16-17,21H,7,15,18H2,(H,33,34). The number of carboxylic acid groups (broad SMARTS) is 1. The zero-order valence-electron chi connectivity index (χ0n) is 20.1. The number of halogens is 2. The Kier molecular flexibility index (Phi) is 7.34. The normalized spacial score (nSPS) is 14.8. The number of ether oxygens (including phenoxy) is 1. The fraction of sp³-hybridized carbons (Fsp3) is 0.138. The number of benzene rings is 4. The summed E-state index contributed by atoms with van der Waals surface area (Å²) in [6, 6.07) is 26.5. The summed E-state index contributed by atoms with van der Waals surface area (Å²) in [5.41, 5.74) is 3.35. The van der Waals surface area contributed by atoms with Gasteiger partial charge in [-0.2, -0.15) is 0 Å². The van der Waals surface area contributed by atoms with E-state index in [1.807, 2.05) is 42.5 Å². The molecule has 0 saturated carbocycles. The van der Waals surface area contributed by atoms with Gasteiger partial charge in [0.1, 0.15) is 11.5 Å². The number of carboxylic acids is 1. The number of fused-ring (bicyclic) bond motifs is 1. The Morgan fingerprint density at radius 1 is 0.868 bits per heavy atom. The van der Waals surface area contributed by atoms with Crippen molar-refractivity contribution >= 4 is 44.9 Å². The largest absolute Gasteiger partial charge is 0.481 e. The Morgan fingerprint density at radius 2 is 1.58 bits per heavy atom. The zero-order valence-corrected chi connectivity index (χ0v) is 22.4. The Hall–Kier alpha value is -3.52. The molecule has 0 aliphatic carbocycles. The number of carbonyl (C=O) groups is 1. The molecule has 0 bridgehead atoms. The Labute approximate surface area is 231 Å². The first-order valence-electron chi connectivity index (χ1n) is 11.9. The lowest BCUT2D eigenvalue weighted by molar-refractivity contribution is -0.137. The van der Waals surface area contributed by atoms with Crippen LogP contribution in [0.15, 0.2) is 95.9 Å². The van der Waals surface area contributed by atoms with Gasteiger partial charge < -0.3 is 9.84 Å². The molecule has 1 atom stereocenters. The van der Waals surface area contributed by atoms with Crippen LogP contribution in [0.1, 0.15) is 24.3 Å². The van der Waals surface area contributed by atoms with E-state index in [1.165, 1.54) is 16.4 Å². The molecule has 4 aromatic carbocycles. The van der Waals surface area contributed by atoms with Crippen LogP contribution < -0.4 is 9.04 Å². The lowest BCUT2D eigenvalue weighted by atomic mass is 9.93. The number of sulfonamides is 1. The quantitative estimate of drug-likeness (QED) is 0.237. The van der Waals surface area contributed by atoms with Crippen molar-refractivity contribution in [1.29, 1.82) is 0 Å². The highest BCUT2D eigenvalue weighted by atomic mass is 35.5. The first-order valence-corrected chi connectivity index (χ1v) is 14.1. The van der Waals surface area contributed by atoms with Crippen molar-refractivity contribution in [2.45, 2.75) is 23.7 Å². The fourth-order valence-corrected chi connectivity index (χ4v) is 6.40. The van der Waals surface area contributed by atoms with Gasteiger partial charge in [-0.25, -0.2) is 8.42 Å². The van der Waals surface area contributed by atoms with E-state index in [2.05, 4.69) is 0 Å². The molecule has 6 nitrogen and oxygen atoms in total. The second kappa shape index (κ2) is 10.7. The third-order valence-electron chi connectivity index (χ3n) is 6.47. The van der Waals surface area contributed by atoms with Crippen molar-refractivity contribution < 1.29 is 23.1 Å². The molecule has 0 amide bonds. The maximum Gasteiger partial charge on any atom is 0.303 e. The van der Waals surface area contributed by atoms with Gasteiger partial charge in [-0.3, -0.25) is 9.10 Å². The molecule has 1 heterocycles. The van der Waals surface area contributed by atoms with E-state index in [0.717, 1.165) is 16.7 Å². The summed E-state index contributed by atoms with van der Waals surface area (Å²) < 4.78 is 34.6. The van der Waals surface area contributed by atoms with Crippen LogP contribution in [-0.4, -0.2) is 26.0 Å². The summed E-state index contributed by atoms with van der Waals surface area (Å²) in [5, 5.41) is 10.0. The monoisotopic (exact) mass is 567 g/mol. The number of hydrogen-bond donors (Lipinski definition) is 1. The van der Waals surface area contributed by atoms with Gasteiger partial charge in [0.15, 0.2) is 0 Å². The van der Waals surface area contributed by atoms with Gasteiger partial charge in [-0.15, -0.1) is 0 Å². The summed E-state index contributed by atoms with van der Waals surface area (Å²) >= 11 is 12.0. The van der Waals surface area contributed by atoms with Crippen molar-refractivity contribution in [2.75, 3.05) is 10.8 Å². The van der Waals surface area contributed by atoms with Gasteiger partial charge in [-0.1, -0.05) is 59.6 Å². The molecule has 4 aromatic rings. The van der Waals surface area contributed by atoms with Crippen LogP contribution in [0.5, 0.6) is 11.5 Å². The molecule has 0 radical (unpaired) electrons. The topological polar surface area (TPSA) is 83.9 Å². The van der Waals surface area contributed by atoms with Crippen LogP contribution in [0.4, 0.5) is 5.69 Å². The number of hydrogen-bond acceptors (Lipinski definition) is 4. The molecule has 5 rings (SSSR count). The Morgan fingerprint density at radius 3 is 2.26 bits per heavy atom. The lowest BCUT2D eigenvalue weighted by Gasteiger charge is -2.20. The molecule has 1 aliphatic rings. The fourth-order valence-electron chi connectivity index (χ4n) is 4.57. The van der Waals surface area contributed by atoms with Crippen molar-refractivity contribution in [1.82, 2.24) is 0 Å². The molecule has 38 heavy (non-hydrogen) atoms. The van der Waals surface area contributed by atoms with E-state index in [4.69, 9.17) is 27.9 Å². The summed E-state index contributed by atoms with van der Waals surface area (Å²) in [7, 11) is -3.91. The molecular weight excluding hydrogens is 545 g/mol. The summed E-state index contributed by atoms with van der Waals surface area (Å²) in [4.78, 5) is 11.4. The molecule has 1 N–H and O–H groups in total. The molecule has 0 saturated heterocycles. The number of rotatable bonds is 8. The van der Waals surface area contributed by atoms with Crippen molar-refractivity contribution in [2.24, 2.45) is 0 Å². The number of aliphatic carboxylic acids is 1. The van der Waals surface area contributed by atoms with Gasteiger partial charge in [0, 0.05) is 24.9 Å². The third kappa shape index (κ3) is 5.36. The number of nitrogens with zero attached hydrogens (tertiary/aromatic N) is 1. The molecule has 0 fully saturated rings. The minimum atomic E-state index is -3.91. The van der Waals surface area contributed by atoms with E-state index in [-0.39, 0.29) is 23.8 Å². The van der Waals surface area contributed by atoms with E-state index >= 15 is 0 Å². The lowest BCUT2D eigenvalue weighted by Crippen LogP contribution is -2.30. The Balaban J connectivity index is 1.44. The minimum absolute atomic E-state index is 0.0473. The highest BCUT2D eigenvalue weighted by Crippen LogP contribution is 2.43. The van der Waals surface area contributed by atoms with Crippen LogP contribution >= 0.6 is 23.2 Å². The molecule has 0 aromatic heterocycles. The summed E-state index contributed by atoms with van der Waals surface area (Å²) in [5.74, 6) is -0.239. The van der Waals surface area contributed by atoms with Crippen LogP contribution in [0.3, 0.4) is 0 Å². The predicted octanol–water partition coefficient (Wildman–Crippen LogP) is 7.61. The second-order valence-electron chi connectivity index (χ2n) is 8.95. The highest BCUT2D eigenvalue weighted by Gasteiger charge is 2.37. The molecule has 1 aliphatic heterocycles. The number of anilines is 1. The van der Waals surface area contributed by atoms with Gasteiger partial charge in [-0.05, 0) is 71.6 Å².